The molecule has 2 rings (SSSR count). The van der Waals surface area contributed by atoms with Gasteiger partial charge < -0.3 is 4.90 Å². The van der Waals surface area contributed by atoms with Crippen LogP contribution in [-0.4, -0.2) is 62.6 Å². The fraction of sp³-hybridized carbons (Fsp3) is 0.429. The molecule has 0 spiro atoms. The van der Waals surface area contributed by atoms with Crippen LogP contribution in [0, 0.1) is 0 Å². The van der Waals surface area contributed by atoms with E-state index < -0.39 is 27.2 Å². The van der Waals surface area contributed by atoms with E-state index in [0.717, 1.165) is 10.5 Å². The monoisotopic (exact) mass is 325 g/mol. The second-order valence-corrected chi connectivity index (χ2v) is 7.17. The third-order valence-electron chi connectivity index (χ3n) is 3.59. The molecular weight excluding hydrogens is 306 g/mol. The van der Waals surface area contributed by atoms with E-state index in [4.69, 9.17) is 0 Å². The third kappa shape index (κ3) is 3.45. The molecule has 1 aromatic rings. The summed E-state index contributed by atoms with van der Waals surface area (Å²) in [6, 6.07) is 8.95. The number of hydrogen-bond acceptors (Lipinski definition) is 4. The third-order valence-corrected chi connectivity index (χ3v) is 5.30. The van der Waals surface area contributed by atoms with Crippen molar-refractivity contribution in [2.75, 3.05) is 27.2 Å². The van der Waals surface area contributed by atoms with Crippen molar-refractivity contribution >= 4 is 22.0 Å². The van der Waals surface area contributed by atoms with Crippen LogP contribution in [0.15, 0.2) is 30.3 Å². The van der Waals surface area contributed by atoms with Crippen molar-refractivity contribution in [1.82, 2.24) is 14.5 Å². The first-order valence-corrected chi connectivity index (χ1v) is 8.42. The summed E-state index contributed by atoms with van der Waals surface area (Å²) < 4.78 is 27.0. The highest BCUT2D eigenvalue weighted by atomic mass is 32.2. The lowest BCUT2D eigenvalue weighted by molar-refractivity contribution is -0.129. The summed E-state index contributed by atoms with van der Waals surface area (Å²) in [4.78, 5) is 25.7. The second kappa shape index (κ2) is 6.45. The van der Waals surface area contributed by atoms with Crippen LogP contribution in [0.5, 0.6) is 0 Å². The molecule has 1 aliphatic rings. The number of benzene rings is 1. The Morgan fingerprint density at radius 3 is 2.45 bits per heavy atom. The summed E-state index contributed by atoms with van der Waals surface area (Å²) in [5.41, 5.74) is 1.00. The SMILES string of the molecule is CN1CC(S(=O)(=O)NCCc2ccccc2)C(=O)N(C)C1=O. The lowest BCUT2D eigenvalue weighted by Gasteiger charge is -2.34. The highest BCUT2D eigenvalue weighted by Gasteiger charge is 2.42. The number of nitrogens with one attached hydrogen (secondary N) is 1. The van der Waals surface area contributed by atoms with E-state index in [-0.39, 0.29) is 13.1 Å². The van der Waals surface area contributed by atoms with Crippen molar-refractivity contribution in [2.24, 2.45) is 0 Å². The van der Waals surface area contributed by atoms with Crippen molar-refractivity contribution in [3.05, 3.63) is 35.9 Å². The zero-order chi connectivity index (χ0) is 16.3. The van der Waals surface area contributed by atoms with Gasteiger partial charge in [-0.2, -0.15) is 0 Å². The van der Waals surface area contributed by atoms with Crippen LogP contribution in [-0.2, 0) is 21.2 Å². The van der Waals surface area contributed by atoms with Gasteiger partial charge in [-0.3, -0.25) is 9.69 Å². The predicted octanol–water partition coefficient (Wildman–Crippen LogP) is 0.0409. The zero-order valence-electron chi connectivity index (χ0n) is 12.5. The fourth-order valence-electron chi connectivity index (χ4n) is 2.28. The first-order chi connectivity index (χ1) is 10.3. The van der Waals surface area contributed by atoms with E-state index in [1.165, 1.54) is 19.0 Å². The van der Waals surface area contributed by atoms with E-state index in [1.54, 1.807) is 0 Å². The summed E-state index contributed by atoms with van der Waals surface area (Å²) in [5, 5.41) is -1.27. The Morgan fingerprint density at radius 1 is 1.18 bits per heavy atom. The molecule has 0 aliphatic carbocycles. The number of amides is 3. The van der Waals surface area contributed by atoms with Gasteiger partial charge in [0, 0.05) is 27.2 Å². The Hall–Kier alpha value is -1.93. The first kappa shape index (κ1) is 16.4. The molecule has 1 aliphatic heterocycles. The number of imide groups is 1. The standard InChI is InChI=1S/C14H19N3O4S/c1-16-10-12(13(18)17(2)14(16)19)22(20,21)15-9-8-11-6-4-3-5-7-11/h3-7,12,15H,8-10H2,1-2H3. The molecule has 1 N–H and O–H groups in total. The smallest absolute Gasteiger partial charge is 0.325 e. The van der Waals surface area contributed by atoms with E-state index in [9.17, 15) is 18.0 Å². The van der Waals surface area contributed by atoms with Crippen LogP contribution in [0.2, 0.25) is 0 Å². The van der Waals surface area contributed by atoms with Gasteiger partial charge in [0.05, 0.1) is 0 Å². The maximum atomic E-state index is 12.3. The van der Waals surface area contributed by atoms with Crippen LogP contribution < -0.4 is 4.72 Å². The molecule has 0 radical (unpaired) electrons. The van der Waals surface area contributed by atoms with Crippen LogP contribution >= 0.6 is 0 Å². The Morgan fingerprint density at radius 2 is 1.82 bits per heavy atom. The number of carbonyl (C=O) groups excluding carboxylic acids is 2. The molecule has 1 atom stereocenters. The number of carbonyl (C=O) groups is 2. The molecule has 0 aromatic heterocycles. The van der Waals surface area contributed by atoms with Crippen molar-refractivity contribution in [3.8, 4) is 0 Å². The molecule has 8 heteroatoms. The van der Waals surface area contributed by atoms with E-state index in [2.05, 4.69) is 4.72 Å². The molecule has 1 aromatic carbocycles. The minimum absolute atomic E-state index is 0.136. The molecule has 120 valence electrons. The molecule has 7 nitrogen and oxygen atoms in total. The maximum absolute atomic E-state index is 12.3. The lowest BCUT2D eigenvalue weighted by atomic mass is 10.2. The molecule has 3 amide bonds. The van der Waals surface area contributed by atoms with Gasteiger partial charge in [-0.1, -0.05) is 30.3 Å². The van der Waals surface area contributed by atoms with Gasteiger partial charge in [-0.05, 0) is 12.0 Å². The summed E-state index contributed by atoms with van der Waals surface area (Å²) in [6.07, 6.45) is 0.533. The van der Waals surface area contributed by atoms with Crippen LogP contribution in [0.1, 0.15) is 5.56 Å². The number of nitrogens with zero attached hydrogens (tertiary/aromatic N) is 2. The molecule has 1 saturated heterocycles. The summed E-state index contributed by atoms with van der Waals surface area (Å²) in [7, 11) is -1.07. The Kier molecular flexibility index (Phi) is 4.82. The first-order valence-electron chi connectivity index (χ1n) is 6.88. The highest BCUT2D eigenvalue weighted by molar-refractivity contribution is 7.90. The average molecular weight is 325 g/mol. The average Bonchev–Trinajstić information content (AvgIpc) is 2.49. The van der Waals surface area contributed by atoms with Gasteiger partial charge in [0.2, 0.25) is 10.0 Å². The normalized spacial score (nSPS) is 19.6. The molecule has 0 saturated carbocycles. The van der Waals surface area contributed by atoms with Crippen molar-refractivity contribution in [1.29, 1.82) is 0 Å². The number of hydrogen-bond donors (Lipinski definition) is 1. The minimum Gasteiger partial charge on any atom is -0.325 e. The van der Waals surface area contributed by atoms with Crippen LogP contribution in [0.25, 0.3) is 0 Å². The van der Waals surface area contributed by atoms with E-state index in [1.807, 2.05) is 30.3 Å². The molecule has 1 unspecified atom stereocenters. The highest BCUT2D eigenvalue weighted by Crippen LogP contribution is 2.13. The predicted molar refractivity (Wildman–Crippen MR) is 81.7 cm³/mol. The molecule has 22 heavy (non-hydrogen) atoms. The topological polar surface area (TPSA) is 86.8 Å². The Bertz CT molecular complexity index is 660. The second-order valence-electron chi connectivity index (χ2n) is 5.22. The van der Waals surface area contributed by atoms with Crippen molar-refractivity contribution in [3.63, 3.8) is 0 Å². The number of sulfonamides is 1. The summed E-state index contributed by atoms with van der Waals surface area (Å²) in [6.45, 7) is 0.0696. The molecule has 1 heterocycles. The van der Waals surface area contributed by atoms with Gasteiger partial charge >= 0.3 is 6.03 Å². The van der Waals surface area contributed by atoms with Crippen molar-refractivity contribution < 1.29 is 18.0 Å². The lowest BCUT2D eigenvalue weighted by Crippen LogP contribution is -2.60. The Balaban J connectivity index is 2.00. The zero-order valence-corrected chi connectivity index (χ0v) is 13.3. The largest absolute Gasteiger partial charge is 0.326 e. The van der Waals surface area contributed by atoms with E-state index >= 15 is 0 Å². The van der Waals surface area contributed by atoms with Gasteiger partial charge in [-0.25, -0.2) is 17.9 Å². The van der Waals surface area contributed by atoms with Gasteiger partial charge in [0.15, 0.2) is 5.25 Å². The molecule has 1 fully saturated rings. The van der Waals surface area contributed by atoms with E-state index in [0.29, 0.717) is 6.42 Å². The number of rotatable bonds is 5. The van der Waals surface area contributed by atoms with Gasteiger partial charge in [0.1, 0.15) is 0 Å². The van der Waals surface area contributed by atoms with Gasteiger partial charge in [-0.15, -0.1) is 0 Å². The number of urea groups is 1. The minimum atomic E-state index is -3.83. The van der Waals surface area contributed by atoms with Crippen LogP contribution in [0.4, 0.5) is 4.79 Å². The van der Waals surface area contributed by atoms with Crippen LogP contribution in [0.3, 0.4) is 0 Å². The van der Waals surface area contributed by atoms with Gasteiger partial charge in [0.25, 0.3) is 5.91 Å². The fourth-order valence-corrected chi connectivity index (χ4v) is 3.72. The quantitative estimate of drug-likeness (QED) is 0.828. The molecule has 0 bridgehead atoms. The maximum Gasteiger partial charge on any atom is 0.326 e. The summed E-state index contributed by atoms with van der Waals surface area (Å²) in [5.74, 6) is -0.699. The summed E-state index contributed by atoms with van der Waals surface area (Å²) >= 11 is 0. The Labute approximate surface area is 129 Å². The van der Waals surface area contributed by atoms with Crippen molar-refractivity contribution in [2.45, 2.75) is 11.7 Å². The molecular formula is C14H19N3O4S.